The molecular formula is C21H26ClNO4S. The first kappa shape index (κ1) is 21.1. The van der Waals surface area contributed by atoms with Gasteiger partial charge >= 0.3 is 0 Å². The molecule has 2 aromatic rings. The van der Waals surface area contributed by atoms with E-state index in [1.165, 1.54) is 11.8 Å². The minimum absolute atomic E-state index is 0.0164. The van der Waals surface area contributed by atoms with Crippen molar-refractivity contribution < 1.29 is 18.3 Å². The minimum Gasteiger partial charge on any atom is -0.493 e. The van der Waals surface area contributed by atoms with Gasteiger partial charge in [-0.1, -0.05) is 23.7 Å². The first-order valence-electron chi connectivity index (χ1n) is 9.39. The van der Waals surface area contributed by atoms with Crippen LogP contribution in [0.5, 0.6) is 5.75 Å². The second-order valence-corrected chi connectivity index (χ2v) is 9.80. The lowest BCUT2D eigenvalue weighted by atomic mass is 9.95. The van der Waals surface area contributed by atoms with Crippen molar-refractivity contribution in [1.82, 2.24) is 4.90 Å². The molecule has 0 aliphatic carbocycles. The predicted molar refractivity (Wildman–Crippen MR) is 111 cm³/mol. The summed E-state index contributed by atoms with van der Waals surface area (Å²) in [5, 5.41) is 11.1. The Bertz CT molecular complexity index is 886. The number of piperidine rings is 1. The molecule has 2 atom stereocenters. The lowest BCUT2D eigenvalue weighted by Crippen LogP contribution is -2.46. The average molecular weight is 424 g/mol. The van der Waals surface area contributed by atoms with E-state index in [0.29, 0.717) is 12.4 Å². The lowest BCUT2D eigenvalue weighted by Gasteiger charge is -2.36. The van der Waals surface area contributed by atoms with E-state index in [9.17, 15) is 13.5 Å². The number of sulfone groups is 1. The van der Waals surface area contributed by atoms with Crippen molar-refractivity contribution in [2.24, 2.45) is 5.92 Å². The second kappa shape index (κ2) is 9.27. The molecule has 0 amide bonds. The SMILES string of the molecule is CS(=O)(=O)c1ccc(OC[C@@H]2CN(CCc3cccc(Cl)c3)CC[C@H]2O)cc1. The Morgan fingerprint density at radius 2 is 1.96 bits per heavy atom. The number of halogens is 1. The smallest absolute Gasteiger partial charge is 0.175 e. The van der Waals surface area contributed by atoms with Gasteiger partial charge in [0.2, 0.25) is 0 Å². The molecule has 0 aromatic heterocycles. The molecule has 0 bridgehead atoms. The Kier molecular flexibility index (Phi) is 6.99. The quantitative estimate of drug-likeness (QED) is 0.741. The van der Waals surface area contributed by atoms with Crippen molar-refractivity contribution >= 4 is 21.4 Å². The molecule has 1 N–H and O–H groups in total. The van der Waals surface area contributed by atoms with Crippen molar-refractivity contribution in [3.8, 4) is 5.75 Å². The molecule has 152 valence electrons. The number of likely N-dealkylation sites (tertiary alicyclic amines) is 1. The largest absolute Gasteiger partial charge is 0.493 e. The van der Waals surface area contributed by atoms with Crippen LogP contribution < -0.4 is 4.74 Å². The van der Waals surface area contributed by atoms with Gasteiger partial charge in [-0.05, 0) is 54.8 Å². The van der Waals surface area contributed by atoms with Gasteiger partial charge in [0.25, 0.3) is 0 Å². The number of nitrogens with zero attached hydrogens (tertiary/aromatic N) is 1. The van der Waals surface area contributed by atoms with Crippen LogP contribution in [-0.2, 0) is 16.3 Å². The van der Waals surface area contributed by atoms with Gasteiger partial charge in [-0.15, -0.1) is 0 Å². The third-order valence-corrected chi connectivity index (χ3v) is 6.46. The Morgan fingerprint density at radius 1 is 1.21 bits per heavy atom. The van der Waals surface area contributed by atoms with Crippen LogP contribution in [-0.4, -0.2) is 57.0 Å². The summed E-state index contributed by atoms with van der Waals surface area (Å²) in [6, 6.07) is 14.3. The van der Waals surface area contributed by atoms with Crippen molar-refractivity contribution in [3.05, 3.63) is 59.1 Å². The zero-order chi connectivity index (χ0) is 20.1. The summed E-state index contributed by atoms with van der Waals surface area (Å²) in [6.07, 6.45) is 2.42. The molecule has 0 spiro atoms. The summed E-state index contributed by atoms with van der Waals surface area (Å²) >= 11 is 6.05. The molecular weight excluding hydrogens is 398 g/mol. The maximum Gasteiger partial charge on any atom is 0.175 e. The number of benzene rings is 2. The molecule has 28 heavy (non-hydrogen) atoms. The highest BCUT2D eigenvalue weighted by atomic mass is 35.5. The zero-order valence-electron chi connectivity index (χ0n) is 15.9. The van der Waals surface area contributed by atoms with Crippen LogP contribution in [0.25, 0.3) is 0 Å². The van der Waals surface area contributed by atoms with E-state index in [2.05, 4.69) is 11.0 Å². The summed E-state index contributed by atoms with van der Waals surface area (Å²) < 4.78 is 28.9. The summed E-state index contributed by atoms with van der Waals surface area (Å²) in [5.41, 5.74) is 1.21. The number of hydrogen-bond acceptors (Lipinski definition) is 5. The molecule has 1 aliphatic heterocycles. The number of rotatable bonds is 7. The number of aliphatic hydroxyl groups is 1. The van der Waals surface area contributed by atoms with Gasteiger partial charge in [0.15, 0.2) is 9.84 Å². The van der Waals surface area contributed by atoms with Crippen molar-refractivity contribution in [3.63, 3.8) is 0 Å². The summed E-state index contributed by atoms with van der Waals surface area (Å²) in [7, 11) is -3.21. The van der Waals surface area contributed by atoms with Gasteiger partial charge in [0.05, 0.1) is 17.6 Å². The molecule has 2 aromatic carbocycles. The van der Waals surface area contributed by atoms with E-state index < -0.39 is 15.9 Å². The highest BCUT2D eigenvalue weighted by Crippen LogP contribution is 2.21. The Hall–Kier alpha value is -1.60. The zero-order valence-corrected chi connectivity index (χ0v) is 17.5. The van der Waals surface area contributed by atoms with Crippen molar-refractivity contribution in [1.29, 1.82) is 0 Å². The van der Waals surface area contributed by atoms with E-state index in [4.69, 9.17) is 16.3 Å². The van der Waals surface area contributed by atoms with Crippen LogP contribution in [0.4, 0.5) is 0 Å². The van der Waals surface area contributed by atoms with E-state index in [0.717, 1.165) is 37.5 Å². The van der Waals surface area contributed by atoms with Crippen LogP contribution in [0.15, 0.2) is 53.4 Å². The van der Waals surface area contributed by atoms with Crippen LogP contribution >= 0.6 is 11.6 Å². The average Bonchev–Trinajstić information content (AvgIpc) is 2.66. The van der Waals surface area contributed by atoms with Gasteiger partial charge in [-0.3, -0.25) is 0 Å². The molecule has 0 unspecified atom stereocenters. The molecule has 1 saturated heterocycles. The normalized spacial score (nSPS) is 20.8. The third-order valence-electron chi connectivity index (χ3n) is 5.10. The molecule has 7 heteroatoms. The molecule has 1 fully saturated rings. The summed E-state index contributed by atoms with van der Waals surface area (Å²) in [6.45, 7) is 2.93. The van der Waals surface area contributed by atoms with Gasteiger partial charge in [-0.2, -0.15) is 0 Å². The van der Waals surface area contributed by atoms with Crippen LogP contribution in [0, 0.1) is 5.92 Å². The van der Waals surface area contributed by atoms with E-state index in [1.54, 1.807) is 24.3 Å². The fourth-order valence-electron chi connectivity index (χ4n) is 3.43. The molecule has 5 nitrogen and oxygen atoms in total. The summed E-state index contributed by atoms with van der Waals surface area (Å²) in [4.78, 5) is 2.61. The molecule has 1 aliphatic rings. The van der Waals surface area contributed by atoms with E-state index in [-0.39, 0.29) is 10.8 Å². The highest BCUT2D eigenvalue weighted by Gasteiger charge is 2.28. The van der Waals surface area contributed by atoms with Gasteiger partial charge in [0, 0.05) is 36.8 Å². The van der Waals surface area contributed by atoms with Gasteiger partial charge in [-0.25, -0.2) is 8.42 Å². The minimum atomic E-state index is -3.21. The Morgan fingerprint density at radius 3 is 2.64 bits per heavy atom. The first-order valence-corrected chi connectivity index (χ1v) is 11.7. The van der Waals surface area contributed by atoms with Crippen LogP contribution in [0.2, 0.25) is 5.02 Å². The molecule has 3 rings (SSSR count). The third kappa shape index (κ3) is 5.95. The van der Waals surface area contributed by atoms with Crippen molar-refractivity contribution in [2.75, 3.05) is 32.5 Å². The van der Waals surface area contributed by atoms with E-state index >= 15 is 0 Å². The van der Waals surface area contributed by atoms with Crippen molar-refractivity contribution in [2.45, 2.75) is 23.8 Å². The molecule has 1 heterocycles. The topological polar surface area (TPSA) is 66.8 Å². The lowest BCUT2D eigenvalue weighted by molar-refractivity contribution is 0.00592. The van der Waals surface area contributed by atoms with E-state index in [1.807, 2.05) is 18.2 Å². The molecule has 0 radical (unpaired) electrons. The van der Waals surface area contributed by atoms with Crippen LogP contribution in [0.3, 0.4) is 0 Å². The van der Waals surface area contributed by atoms with Crippen LogP contribution in [0.1, 0.15) is 12.0 Å². The Balaban J connectivity index is 1.51. The number of hydrogen-bond donors (Lipinski definition) is 1. The maximum absolute atomic E-state index is 11.5. The second-order valence-electron chi connectivity index (χ2n) is 7.35. The highest BCUT2D eigenvalue weighted by molar-refractivity contribution is 7.90. The predicted octanol–water partition coefficient (Wildman–Crippen LogP) is 3.05. The maximum atomic E-state index is 11.5. The fraction of sp³-hybridized carbons (Fsp3) is 0.429. The standard InChI is InChI=1S/C21H26ClNO4S/c1-28(25,26)20-7-5-19(6-8-20)27-15-17-14-23(12-10-21(17)24)11-9-16-3-2-4-18(22)13-16/h2-8,13,17,21,24H,9-12,14-15H2,1H3/t17-,21+/m0/s1. The number of ether oxygens (including phenoxy) is 1. The van der Waals surface area contributed by atoms with Gasteiger partial charge < -0.3 is 14.7 Å². The molecule has 0 saturated carbocycles. The Labute approximate surface area is 171 Å². The first-order chi connectivity index (χ1) is 13.3. The fourth-order valence-corrected chi connectivity index (χ4v) is 4.27. The van der Waals surface area contributed by atoms with Gasteiger partial charge in [0.1, 0.15) is 5.75 Å². The monoisotopic (exact) mass is 423 g/mol. The number of aliphatic hydroxyl groups excluding tert-OH is 1. The summed E-state index contributed by atoms with van der Waals surface area (Å²) in [5.74, 6) is 0.623.